The molecule has 1 saturated heterocycles. The maximum atomic E-state index is 12.9. The van der Waals surface area contributed by atoms with Gasteiger partial charge in [0.15, 0.2) is 5.82 Å². The quantitative estimate of drug-likeness (QED) is 0.694. The van der Waals surface area contributed by atoms with Crippen LogP contribution in [0.1, 0.15) is 21.3 Å². The molecule has 0 aliphatic carbocycles. The van der Waals surface area contributed by atoms with Gasteiger partial charge < -0.3 is 10.1 Å². The molecule has 0 spiro atoms. The number of morpholine rings is 1. The van der Waals surface area contributed by atoms with Crippen molar-refractivity contribution < 1.29 is 9.53 Å². The highest BCUT2D eigenvalue weighted by molar-refractivity contribution is 7.10. The Morgan fingerprint density at radius 3 is 2.93 bits per heavy atom. The van der Waals surface area contributed by atoms with Gasteiger partial charge in [0.05, 0.1) is 24.8 Å². The summed E-state index contributed by atoms with van der Waals surface area (Å²) in [5, 5.41) is 9.22. The van der Waals surface area contributed by atoms with Crippen molar-refractivity contribution in [3.63, 3.8) is 0 Å². The summed E-state index contributed by atoms with van der Waals surface area (Å²) in [6.07, 6.45) is 4.58. The Morgan fingerprint density at radius 1 is 1.30 bits per heavy atom. The van der Waals surface area contributed by atoms with Crippen LogP contribution in [0.25, 0.3) is 5.82 Å². The monoisotopic (exact) mass is 384 g/mol. The highest BCUT2D eigenvalue weighted by Gasteiger charge is 2.24. The first-order valence-electron chi connectivity index (χ1n) is 8.76. The summed E-state index contributed by atoms with van der Waals surface area (Å²) in [7, 11) is 0. The van der Waals surface area contributed by atoms with Gasteiger partial charge in [-0.05, 0) is 23.6 Å². The van der Waals surface area contributed by atoms with Gasteiger partial charge in [-0.3, -0.25) is 9.69 Å². The van der Waals surface area contributed by atoms with Gasteiger partial charge >= 0.3 is 0 Å². The molecule has 0 bridgehead atoms. The van der Waals surface area contributed by atoms with Crippen molar-refractivity contribution in [2.75, 3.05) is 32.8 Å². The molecule has 3 aromatic heterocycles. The number of rotatable bonds is 6. The van der Waals surface area contributed by atoms with Crippen LogP contribution >= 0.6 is 11.3 Å². The topological polar surface area (TPSA) is 85.2 Å². The van der Waals surface area contributed by atoms with Crippen LogP contribution in [0.5, 0.6) is 0 Å². The normalized spacial score (nSPS) is 16.1. The Morgan fingerprint density at radius 2 is 2.19 bits per heavy atom. The van der Waals surface area contributed by atoms with E-state index in [1.54, 1.807) is 29.7 Å². The molecule has 0 saturated carbocycles. The zero-order chi connectivity index (χ0) is 18.5. The third-order valence-corrected chi connectivity index (χ3v) is 5.45. The molecule has 3 aromatic rings. The summed E-state index contributed by atoms with van der Waals surface area (Å²) in [4.78, 5) is 24.7. The van der Waals surface area contributed by atoms with E-state index in [-0.39, 0.29) is 11.9 Å². The second-order valence-electron chi connectivity index (χ2n) is 6.10. The zero-order valence-electron chi connectivity index (χ0n) is 14.7. The first-order chi connectivity index (χ1) is 13.3. The maximum Gasteiger partial charge on any atom is 0.255 e. The number of aromatic nitrogens is 4. The maximum absolute atomic E-state index is 12.9. The fourth-order valence-corrected chi connectivity index (χ4v) is 4.00. The molecule has 8 nitrogen and oxygen atoms in total. The van der Waals surface area contributed by atoms with E-state index in [0.29, 0.717) is 17.9 Å². The summed E-state index contributed by atoms with van der Waals surface area (Å²) < 4.78 is 6.96. The number of ether oxygens (including phenoxy) is 1. The van der Waals surface area contributed by atoms with E-state index in [4.69, 9.17) is 4.74 Å². The lowest BCUT2D eigenvalue weighted by Crippen LogP contribution is -2.43. The van der Waals surface area contributed by atoms with Crippen molar-refractivity contribution in [1.29, 1.82) is 0 Å². The average molecular weight is 384 g/mol. The number of nitrogens with one attached hydrogen (secondary N) is 1. The van der Waals surface area contributed by atoms with Crippen LogP contribution in [0.2, 0.25) is 0 Å². The van der Waals surface area contributed by atoms with Gasteiger partial charge in [0.1, 0.15) is 12.7 Å². The molecule has 1 atom stereocenters. The summed E-state index contributed by atoms with van der Waals surface area (Å²) in [5.74, 6) is 0.287. The van der Waals surface area contributed by atoms with Gasteiger partial charge in [0.25, 0.3) is 5.91 Å². The molecule has 27 heavy (non-hydrogen) atoms. The minimum absolute atomic E-state index is 0.129. The molecule has 0 aromatic carbocycles. The summed E-state index contributed by atoms with van der Waals surface area (Å²) in [6, 6.07) is 7.77. The summed E-state index contributed by atoms with van der Waals surface area (Å²) in [5.41, 5.74) is 0.468. The van der Waals surface area contributed by atoms with E-state index in [1.807, 2.05) is 6.07 Å². The molecular formula is C18H20N6O2S. The molecule has 4 heterocycles. The number of pyridine rings is 1. The van der Waals surface area contributed by atoms with Crippen molar-refractivity contribution in [2.45, 2.75) is 6.04 Å². The number of thiophene rings is 1. The third kappa shape index (κ3) is 4.05. The zero-order valence-corrected chi connectivity index (χ0v) is 15.5. The Balaban J connectivity index is 1.51. The molecule has 0 unspecified atom stereocenters. The third-order valence-electron chi connectivity index (χ3n) is 4.48. The standard InChI is InChI=1S/C18H20N6O2S/c25-18(14-3-1-5-20-17(14)24-13-19-12-22-24)21-11-15(16-4-2-10-27-16)23-6-8-26-9-7-23/h1-5,10,12-13,15H,6-9,11H2,(H,21,25)/t15-/m0/s1. The molecule has 1 fully saturated rings. The molecule has 4 rings (SSSR count). The lowest BCUT2D eigenvalue weighted by Gasteiger charge is -2.34. The lowest BCUT2D eigenvalue weighted by molar-refractivity contribution is 0.0169. The van der Waals surface area contributed by atoms with Gasteiger partial charge in [0.2, 0.25) is 0 Å². The molecular weight excluding hydrogens is 364 g/mol. The molecule has 140 valence electrons. The van der Waals surface area contributed by atoms with Crippen molar-refractivity contribution in [3.05, 3.63) is 58.9 Å². The highest BCUT2D eigenvalue weighted by Crippen LogP contribution is 2.25. The van der Waals surface area contributed by atoms with E-state index in [1.165, 1.54) is 22.2 Å². The van der Waals surface area contributed by atoms with E-state index in [9.17, 15) is 4.79 Å². The molecule has 0 radical (unpaired) electrons. The van der Waals surface area contributed by atoms with Crippen LogP contribution in [-0.4, -0.2) is 63.4 Å². The van der Waals surface area contributed by atoms with Crippen molar-refractivity contribution >= 4 is 17.2 Å². The van der Waals surface area contributed by atoms with E-state index >= 15 is 0 Å². The van der Waals surface area contributed by atoms with Crippen molar-refractivity contribution in [2.24, 2.45) is 0 Å². The predicted molar refractivity (Wildman–Crippen MR) is 101 cm³/mol. The summed E-state index contributed by atoms with van der Waals surface area (Å²) in [6.45, 7) is 3.67. The van der Waals surface area contributed by atoms with Crippen LogP contribution in [0, 0.1) is 0 Å². The molecule has 1 aliphatic rings. The second-order valence-corrected chi connectivity index (χ2v) is 7.08. The molecule has 1 amide bonds. The van der Waals surface area contributed by atoms with Gasteiger partial charge in [0, 0.05) is 30.7 Å². The predicted octanol–water partition coefficient (Wildman–Crippen LogP) is 1.53. The van der Waals surface area contributed by atoms with Gasteiger partial charge in [-0.25, -0.2) is 14.6 Å². The first-order valence-corrected chi connectivity index (χ1v) is 9.64. The van der Waals surface area contributed by atoms with Crippen LogP contribution < -0.4 is 5.32 Å². The van der Waals surface area contributed by atoms with Crippen LogP contribution in [0.4, 0.5) is 0 Å². The van der Waals surface area contributed by atoms with Gasteiger partial charge in [-0.15, -0.1) is 11.3 Å². The number of hydrogen-bond donors (Lipinski definition) is 1. The molecule has 9 heteroatoms. The fourth-order valence-electron chi connectivity index (χ4n) is 3.14. The minimum Gasteiger partial charge on any atom is -0.379 e. The largest absolute Gasteiger partial charge is 0.379 e. The van der Waals surface area contributed by atoms with Crippen molar-refractivity contribution in [1.82, 2.24) is 30.0 Å². The fraction of sp³-hybridized carbons (Fsp3) is 0.333. The number of hydrogen-bond acceptors (Lipinski definition) is 7. The lowest BCUT2D eigenvalue weighted by atomic mass is 10.1. The second kappa shape index (κ2) is 8.38. The number of amides is 1. The number of carbonyl (C=O) groups is 1. The van der Waals surface area contributed by atoms with E-state index in [0.717, 1.165) is 26.3 Å². The number of carbonyl (C=O) groups excluding carboxylic acids is 1. The smallest absolute Gasteiger partial charge is 0.255 e. The minimum atomic E-state index is -0.177. The number of nitrogens with zero attached hydrogens (tertiary/aromatic N) is 5. The van der Waals surface area contributed by atoms with Crippen LogP contribution in [0.3, 0.4) is 0 Å². The van der Waals surface area contributed by atoms with Crippen molar-refractivity contribution in [3.8, 4) is 5.82 Å². The highest BCUT2D eigenvalue weighted by atomic mass is 32.1. The molecule has 1 N–H and O–H groups in total. The SMILES string of the molecule is O=C(NC[C@@H](c1cccs1)N1CCOCC1)c1cccnc1-n1cncn1. The Bertz CT molecular complexity index is 862. The van der Waals surface area contributed by atoms with E-state index in [2.05, 4.69) is 36.7 Å². The Labute approximate surface area is 160 Å². The average Bonchev–Trinajstić information content (AvgIpc) is 3.43. The Kier molecular flexibility index (Phi) is 5.52. The molecule has 1 aliphatic heterocycles. The Hall–Kier alpha value is -2.62. The summed E-state index contributed by atoms with van der Waals surface area (Å²) >= 11 is 1.70. The van der Waals surface area contributed by atoms with Gasteiger partial charge in [-0.2, -0.15) is 5.10 Å². The van der Waals surface area contributed by atoms with Gasteiger partial charge in [-0.1, -0.05) is 6.07 Å². The van der Waals surface area contributed by atoms with E-state index < -0.39 is 0 Å². The van der Waals surface area contributed by atoms with Crippen LogP contribution in [-0.2, 0) is 4.74 Å². The first kappa shape index (κ1) is 17.8. The van der Waals surface area contributed by atoms with Crippen LogP contribution in [0.15, 0.2) is 48.5 Å².